The Labute approximate surface area is 115 Å². The van der Waals surface area contributed by atoms with Crippen LogP contribution in [0.5, 0.6) is 0 Å². The molecule has 1 saturated heterocycles. The average Bonchev–Trinajstić information content (AvgIpc) is 2.46. The Hall–Kier alpha value is -1.36. The standard InChI is InChI=1S/C14H25N5/c1-3-5-12-17-13(16-6-4-2)11-14(18-12)19-9-7-15-8-10-19/h11,15H,3-10H2,1-2H3,(H,16,17,18). The van der Waals surface area contributed by atoms with Gasteiger partial charge in [0, 0.05) is 45.2 Å². The molecule has 1 aliphatic heterocycles. The first-order chi connectivity index (χ1) is 9.33. The van der Waals surface area contributed by atoms with Gasteiger partial charge in [0.15, 0.2) is 0 Å². The highest BCUT2D eigenvalue weighted by molar-refractivity contribution is 5.49. The Morgan fingerprint density at radius 2 is 2.00 bits per heavy atom. The van der Waals surface area contributed by atoms with Crippen LogP contribution in [-0.4, -0.2) is 42.7 Å². The van der Waals surface area contributed by atoms with Crippen LogP contribution >= 0.6 is 0 Å². The largest absolute Gasteiger partial charge is 0.370 e. The molecule has 0 spiro atoms. The van der Waals surface area contributed by atoms with Crippen molar-refractivity contribution in [2.24, 2.45) is 0 Å². The van der Waals surface area contributed by atoms with Gasteiger partial charge in [-0.1, -0.05) is 13.8 Å². The van der Waals surface area contributed by atoms with E-state index in [0.29, 0.717) is 0 Å². The molecule has 1 aliphatic rings. The fourth-order valence-electron chi connectivity index (χ4n) is 2.22. The van der Waals surface area contributed by atoms with E-state index >= 15 is 0 Å². The molecule has 0 saturated carbocycles. The lowest BCUT2D eigenvalue weighted by Gasteiger charge is -2.28. The van der Waals surface area contributed by atoms with Gasteiger partial charge in [0.05, 0.1) is 0 Å². The molecule has 1 fully saturated rings. The zero-order chi connectivity index (χ0) is 13.5. The zero-order valence-corrected chi connectivity index (χ0v) is 12.1. The van der Waals surface area contributed by atoms with E-state index in [1.165, 1.54) is 0 Å². The molecule has 5 nitrogen and oxygen atoms in total. The van der Waals surface area contributed by atoms with E-state index < -0.39 is 0 Å². The van der Waals surface area contributed by atoms with E-state index in [0.717, 1.165) is 69.4 Å². The number of nitrogens with zero attached hydrogens (tertiary/aromatic N) is 3. The van der Waals surface area contributed by atoms with E-state index in [9.17, 15) is 0 Å². The quantitative estimate of drug-likeness (QED) is 0.817. The molecule has 5 heteroatoms. The lowest BCUT2D eigenvalue weighted by molar-refractivity contribution is 0.583. The molecule has 0 atom stereocenters. The van der Waals surface area contributed by atoms with Crippen LogP contribution in [0.3, 0.4) is 0 Å². The Morgan fingerprint density at radius 1 is 1.21 bits per heavy atom. The summed E-state index contributed by atoms with van der Waals surface area (Å²) in [4.78, 5) is 11.6. The second kappa shape index (κ2) is 7.28. The summed E-state index contributed by atoms with van der Waals surface area (Å²) in [6, 6.07) is 2.08. The Morgan fingerprint density at radius 3 is 2.68 bits per heavy atom. The minimum Gasteiger partial charge on any atom is -0.370 e. The highest BCUT2D eigenvalue weighted by Gasteiger charge is 2.14. The van der Waals surface area contributed by atoms with Gasteiger partial charge < -0.3 is 15.5 Å². The normalized spacial score (nSPS) is 15.6. The third kappa shape index (κ3) is 4.06. The van der Waals surface area contributed by atoms with Crippen molar-refractivity contribution >= 4 is 11.6 Å². The highest BCUT2D eigenvalue weighted by atomic mass is 15.2. The fraction of sp³-hybridized carbons (Fsp3) is 0.714. The predicted molar refractivity (Wildman–Crippen MR) is 79.9 cm³/mol. The molecule has 0 radical (unpaired) electrons. The molecule has 0 amide bonds. The average molecular weight is 263 g/mol. The lowest BCUT2D eigenvalue weighted by atomic mass is 10.3. The van der Waals surface area contributed by atoms with Gasteiger partial charge >= 0.3 is 0 Å². The summed E-state index contributed by atoms with van der Waals surface area (Å²) < 4.78 is 0. The van der Waals surface area contributed by atoms with Crippen molar-refractivity contribution in [3.05, 3.63) is 11.9 Å². The van der Waals surface area contributed by atoms with E-state index in [2.05, 4.69) is 40.4 Å². The van der Waals surface area contributed by atoms with E-state index in [-0.39, 0.29) is 0 Å². The minimum atomic E-state index is 0.945. The number of nitrogens with one attached hydrogen (secondary N) is 2. The van der Waals surface area contributed by atoms with Gasteiger partial charge in [-0.15, -0.1) is 0 Å². The number of rotatable bonds is 6. The third-order valence-electron chi connectivity index (χ3n) is 3.23. The summed E-state index contributed by atoms with van der Waals surface area (Å²) >= 11 is 0. The van der Waals surface area contributed by atoms with E-state index in [1.54, 1.807) is 0 Å². The molecule has 0 aromatic carbocycles. The monoisotopic (exact) mass is 263 g/mol. The smallest absolute Gasteiger partial charge is 0.134 e. The minimum absolute atomic E-state index is 0.945. The van der Waals surface area contributed by atoms with Crippen molar-refractivity contribution in [1.82, 2.24) is 15.3 Å². The number of aryl methyl sites for hydroxylation is 1. The molecule has 2 rings (SSSR count). The van der Waals surface area contributed by atoms with Crippen LogP contribution in [0.4, 0.5) is 11.6 Å². The maximum absolute atomic E-state index is 4.70. The Kier molecular flexibility index (Phi) is 5.39. The van der Waals surface area contributed by atoms with Crippen LogP contribution in [0.25, 0.3) is 0 Å². The molecule has 0 bridgehead atoms. The van der Waals surface area contributed by atoms with Crippen LogP contribution in [0, 0.1) is 0 Å². The summed E-state index contributed by atoms with van der Waals surface area (Å²) in [6.07, 6.45) is 3.13. The number of aromatic nitrogens is 2. The van der Waals surface area contributed by atoms with Gasteiger partial charge in [-0.05, 0) is 12.8 Å². The first kappa shape index (κ1) is 14.1. The van der Waals surface area contributed by atoms with E-state index in [4.69, 9.17) is 4.98 Å². The van der Waals surface area contributed by atoms with Gasteiger partial charge in [-0.2, -0.15) is 0 Å². The molecule has 0 unspecified atom stereocenters. The van der Waals surface area contributed by atoms with Crippen LogP contribution in [-0.2, 0) is 6.42 Å². The molecule has 19 heavy (non-hydrogen) atoms. The van der Waals surface area contributed by atoms with Gasteiger partial charge in [0.2, 0.25) is 0 Å². The maximum atomic E-state index is 4.70. The topological polar surface area (TPSA) is 53.1 Å². The van der Waals surface area contributed by atoms with Gasteiger partial charge in [-0.3, -0.25) is 0 Å². The molecule has 106 valence electrons. The SMILES string of the molecule is CCCNc1cc(N2CCNCC2)nc(CCC)n1. The number of hydrogen-bond donors (Lipinski definition) is 2. The molecule has 2 heterocycles. The van der Waals surface area contributed by atoms with Gasteiger partial charge in [0.1, 0.15) is 17.5 Å². The summed E-state index contributed by atoms with van der Waals surface area (Å²) in [5.41, 5.74) is 0. The Bertz CT molecular complexity index is 387. The molecule has 1 aromatic rings. The summed E-state index contributed by atoms with van der Waals surface area (Å²) in [6.45, 7) is 9.41. The van der Waals surface area contributed by atoms with Crippen LogP contribution in [0.15, 0.2) is 6.07 Å². The molecule has 0 aliphatic carbocycles. The second-order valence-electron chi connectivity index (χ2n) is 4.94. The van der Waals surface area contributed by atoms with Crippen molar-refractivity contribution in [3.8, 4) is 0 Å². The van der Waals surface area contributed by atoms with Gasteiger partial charge in [-0.25, -0.2) is 9.97 Å². The summed E-state index contributed by atoms with van der Waals surface area (Å²) in [5, 5.41) is 6.75. The summed E-state index contributed by atoms with van der Waals surface area (Å²) in [5.74, 6) is 2.99. The molecule has 1 aromatic heterocycles. The van der Waals surface area contributed by atoms with Crippen LogP contribution < -0.4 is 15.5 Å². The first-order valence-corrected chi connectivity index (χ1v) is 7.41. The predicted octanol–water partition coefficient (Wildman–Crippen LogP) is 1.66. The van der Waals surface area contributed by atoms with Crippen molar-refractivity contribution < 1.29 is 0 Å². The molecular formula is C14H25N5. The summed E-state index contributed by atoms with van der Waals surface area (Å²) in [7, 11) is 0. The van der Waals surface area contributed by atoms with E-state index in [1.807, 2.05) is 0 Å². The van der Waals surface area contributed by atoms with Crippen molar-refractivity contribution in [2.45, 2.75) is 33.1 Å². The van der Waals surface area contributed by atoms with Gasteiger partial charge in [0.25, 0.3) is 0 Å². The number of piperazine rings is 1. The Balaban J connectivity index is 2.17. The fourth-order valence-corrected chi connectivity index (χ4v) is 2.22. The maximum Gasteiger partial charge on any atom is 0.134 e. The zero-order valence-electron chi connectivity index (χ0n) is 12.1. The third-order valence-corrected chi connectivity index (χ3v) is 3.23. The first-order valence-electron chi connectivity index (χ1n) is 7.41. The number of hydrogen-bond acceptors (Lipinski definition) is 5. The second-order valence-corrected chi connectivity index (χ2v) is 4.94. The van der Waals surface area contributed by atoms with Crippen molar-refractivity contribution in [3.63, 3.8) is 0 Å². The van der Waals surface area contributed by atoms with Crippen molar-refractivity contribution in [1.29, 1.82) is 0 Å². The molecule has 2 N–H and O–H groups in total. The molecular weight excluding hydrogens is 238 g/mol. The van der Waals surface area contributed by atoms with Crippen molar-refractivity contribution in [2.75, 3.05) is 42.9 Å². The van der Waals surface area contributed by atoms with Crippen LogP contribution in [0.1, 0.15) is 32.5 Å². The lowest BCUT2D eigenvalue weighted by Crippen LogP contribution is -2.44. The van der Waals surface area contributed by atoms with Crippen LogP contribution in [0.2, 0.25) is 0 Å². The highest BCUT2D eigenvalue weighted by Crippen LogP contribution is 2.17. The number of anilines is 2.